The van der Waals surface area contributed by atoms with Gasteiger partial charge in [0.15, 0.2) is 0 Å². The Morgan fingerprint density at radius 1 is 1.15 bits per heavy atom. The summed E-state index contributed by atoms with van der Waals surface area (Å²) in [6.45, 7) is 1.17. The van der Waals surface area contributed by atoms with E-state index in [4.69, 9.17) is 0 Å². The molecule has 0 N–H and O–H groups in total. The van der Waals surface area contributed by atoms with E-state index in [-0.39, 0.29) is 10.8 Å². The van der Waals surface area contributed by atoms with Crippen LogP contribution in [-0.4, -0.2) is 60.4 Å². The van der Waals surface area contributed by atoms with E-state index in [1.807, 2.05) is 11.9 Å². The highest BCUT2D eigenvalue weighted by molar-refractivity contribution is 7.99. The second kappa shape index (κ2) is 9.39. The molecule has 2 aliphatic rings. The SMILES string of the molecule is CN(C(=O)CSc1ccc(S(=O)(=O)N2CCCCC2)cn1)C1CCCCC1. The molecule has 0 spiro atoms. The van der Waals surface area contributed by atoms with Crippen molar-refractivity contribution in [3.05, 3.63) is 18.3 Å². The topological polar surface area (TPSA) is 70.6 Å². The molecule has 2 fully saturated rings. The van der Waals surface area contributed by atoms with Gasteiger partial charge < -0.3 is 4.90 Å². The van der Waals surface area contributed by atoms with Crippen LogP contribution in [0.2, 0.25) is 0 Å². The van der Waals surface area contributed by atoms with Gasteiger partial charge in [0.1, 0.15) is 4.90 Å². The van der Waals surface area contributed by atoms with Crippen molar-refractivity contribution < 1.29 is 13.2 Å². The number of sulfonamides is 1. The van der Waals surface area contributed by atoms with Crippen molar-refractivity contribution in [1.29, 1.82) is 0 Å². The molecule has 0 unspecified atom stereocenters. The largest absolute Gasteiger partial charge is 0.342 e. The van der Waals surface area contributed by atoms with Crippen LogP contribution in [0.3, 0.4) is 0 Å². The predicted molar refractivity (Wildman–Crippen MR) is 107 cm³/mol. The first kappa shape index (κ1) is 20.6. The molecule has 1 amide bonds. The van der Waals surface area contributed by atoms with E-state index < -0.39 is 10.0 Å². The fourth-order valence-electron chi connectivity index (χ4n) is 3.77. The highest BCUT2D eigenvalue weighted by Crippen LogP contribution is 2.24. The number of piperidine rings is 1. The zero-order chi connectivity index (χ0) is 19.3. The van der Waals surface area contributed by atoms with Crippen molar-refractivity contribution in [2.45, 2.75) is 67.3 Å². The Labute approximate surface area is 166 Å². The van der Waals surface area contributed by atoms with E-state index >= 15 is 0 Å². The van der Waals surface area contributed by atoms with Crippen molar-refractivity contribution in [3.63, 3.8) is 0 Å². The molecular formula is C19H29N3O3S2. The number of hydrogen-bond acceptors (Lipinski definition) is 5. The number of carbonyl (C=O) groups excluding carboxylic acids is 1. The molecule has 1 aliphatic carbocycles. The molecule has 150 valence electrons. The van der Waals surface area contributed by atoms with Crippen molar-refractivity contribution in [1.82, 2.24) is 14.2 Å². The van der Waals surface area contributed by atoms with Gasteiger partial charge in [-0.3, -0.25) is 4.79 Å². The number of thioether (sulfide) groups is 1. The molecule has 1 aliphatic heterocycles. The standard InChI is InChI=1S/C19H29N3O3S2/c1-21(16-8-4-2-5-9-16)19(23)15-26-18-11-10-17(14-20-18)27(24,25)22-12-6-3-7-13-22/h10-11,14,16H,2-9,12-13,15H2,1H3. The zero-order valence-electron chi connectivity index (χ0n) is 16.0. The fraction of sp³-hybridized carbons (Fsp3) is 0.684. The third-order valence-electron chi connectivity index (χ3n) is 5.52. The minimum atomic E-state index is -3.45. The molecule has 6 nitrogen and oxygen atoms in total. The molecule has 1 aromatic rings. The second-order valence-electron chi connectivity index (χ2n) is 7.38. The Bertz CT molecular complexity index is 725. The van der Waals surface area contributed by atoms with Gasteiger partial charge in [0.25, 0.3) is 0 Å². The highest BCUT2D eigenvalue weighted by atomic mass is 32.2. The minimum Gasteiger partial charge on any atom is -0.342 e. The van der Waals surface area contributed by atoms with Gasteiger partial charge in [0.2, 0.25) is 15.9 Å². The van der Waals surface area contributed by atoms with Gasteiger partial charge in [-0.1, -0.05) is 37.4 Å². The Balaban J connectivity index is 1.55. The summed E-state index contributed by atoms with van der Waals surface area (Å²) < 4.78 is 26.8. The van der Waals surface area contributed by atoms with Crippen LogP contribution in [0.4, 0.5) is 0 Å². The summed E-state index contributed by atoms with van der Waals surface area (Å²) in [7, 11) is -1.56. The van der Waals surface area contributed by atoms with Crippen LogP contribution >= 0.6 is 11.8 Å². The summed E-state index contributed by atoms with van der Waals surface area (Å²) in [6.07, 6.45) is 10.2. The van der Waals surface area contributed by atoms with E-state index in [1.54, 1.807) is 16.4 Å². The van der Waals surface area contributed by atoms with E-state index in [2.05, 4.69) is 4.98 Å². The average molecular weight is 412 g/mol. The number of nitrogens with zero attached hydrogens (tertiary/aromatic N) is 3. The summed E-state index contributed by atoms with van der Waals surface area (Å²) in [5.41, 5.74) is 0. The Kier molecular flexibility index (Phi) is 7.16. The summed E-state index contributed by atoms with van der Waals surface area (Å²) in [6, 6.07) is 3.67. The van der Waals surface area contributed by atoms with Gasteiger partial charge in [-0.25, -0.2) is 13.4 Å². The van der Waals surface area contributed by atoms with Crippen LogP contribution < -0.4 is 0 Å². The predicted octanol–water partition coefficient (Wildman–Crippen LogP) is 3.14. The maximum atomic E-state index is 12.6. The van der Waals surface area contributed by atoms with Gasteiger partial charge in [0, 0.05) is 32.4 Å². The molecular weight excluding hydrogens is 382 g/mol. The van der Waals surface area contributed by atoms with Crippen molar-refractivity contribution >= 4 is 27.7 Å². The maximum absolute atomic E-state index is 12.6. The van der Waals surface area contributed by atoms with Crippen molar-refractivity contribution in [3.8, 4) is 0 Å². The Hall–Kier alpha value is -1.12. The summed E-state index contributed by atoms with van der Waals surface area (Å²) >= 11 is 1.37. The fourth-order valence-corrected chi connectivity index (χ4v) is 6.00. The molecule has 0 aromatic carbocycles. The quantitative estimate of drug-likeness (QED) is 0.673. The van der Waals surface area contributed by atoms with E-state index in [0.717, 1.165) is 32.1 Å². The first-order chi connectivity index (χ1) is 13.0. The monoisotopic (exact) mass is 411 g/mol. The van der Waals surface area contributed by atoms with Crippen molar-refractivity contribution in [2.24, 2.45) is 0 Å². The average Bonchev–Trinajstić information content (AvgIpc) is 2.73. The number of aromatic nitrogens is 1. The lowest BCUT2D eigenvalue weighted by atomic mass is 9.94. The van der Waals surface area contributed by atoms with Gasteiger partial charge in [0.05, 0.1) is 10.8 Å². The molecule has 0 radical (unpaired) electrons. The van der Waals surface area contributed by atoms with E-state index in [9.17, 15) is 13.2 Å². The lowest BCUT2D eigenvalue weighted by Crippen LogP contribution is -2.39. The van der Waals surface area contributed by atoms with Crippen LogP contribution in [0.1, 0.15) is 51.4 Å². The third kappa shape index (κ3) is 5.23. The van der Waals surface area contributed by atoms with Crippen molar-refractivity contribution in [2.75, 3.05) is 25.9 Å². The molecule has 3 rings (SSSR count). The van der Waals surface area contributed by atoms with Crippen LogP contribution in [0.25, 0.3) is 0 Å². The number of amides is 1. The van der Waals surface area contributed by atoms with Crippen LogP contribution in [-0.2, 0) is 14.8 Å². The smallest absolute Gasteiger partial charge is 0.244 e. The van der Waals surface area contributed by atoms with E-state index in [0.29, 0.717) is 29.9 Å². The number of pyridine rings is 1. The molecule has 8 heteroatoms. The zero-order valence-corrected chi connectivity index (χ0v) is 17.6. The lowest BCUT2D eigenvalue weighted by Gasteiger charge is -2.31. The third-order valence-corrected chi connectivity index (χ3v) is 8.33. The molecule has 1 saturated heterocycles. The minimum absolute atomic E-state index is 0.110. The Morgan fingerprint density at radius 2 is 1.81 bits per heavy atom. The summed E-state index contributed by atoms with van der Waals surface area (Å²) in [5, 5.41) is 0.679. The molecule has 27 heavy (non-hydrogen) atoms. The first-order valence-corrected chi connectivity index (χ1v) is 12.3. The van der Waals surface area contributed by atoms with Crippen LogP contribution in [0.5, 0.6) is 0 Å². The van der Waals surface area contributed by atoms with Crippen LogP contribution in [0.15, 0.2) is 28.3 Å². The number of carbonyl (C=O) groups is 1. The maximum Gasteiger partial charge on any atom is 0.244 e. The second-order valence-corrected chi connectivity index (χ2v) is 10.3. The first-order valence-electron chi connectivity index (χ1n) is 9.83. The normalized spacial score (nSPS) is 19.7. The Morgan fingerprint density at radius 3 is 2.44 bits per heavy atom. The summed E-state index contributed by atoms with van der Waals surface area (Å²) in [4.78, 5) is 18.8. The molecule has 2 heterocycles. The molecule has 1 saturated carbocycles. The highest BCUT2D eigenvalue weighted by Gasteiger charge is 2.26. The van der Waals surface area contributed by atoms with Gasteiger partial charge in [-0.05, 0) is 37.8 Å². The molecule has 0 bridgehead atoms. The summed E-state index contributed by atoms with van der Waals surface area (Å²) in [5.74, 6) is 0.441. The molecule has 0 atom stereocenters. The van der Waals surface area contributed by atoms with Gasteiger partial charge >= 0.3 is 0 Å². The lowest BCUT2D eigenvalue weighted by molar-refractivity contribution is -0.129. The van der Waals surface area contributed by atoms with Gasteiger partial charge in [-0.15, -0.1) is 0 Å². The van der Waals surface area contributed by atoms with Crippen LogP contribution in [0, 0.1) is 0 Å². The van der Waals surface area contributed by atoms with E-state index in [1.165, 1.54) is 37.2 Å². The van der Waals surface area contributed by atoms with Gasteiger partial charge in [-0.2, -0.15) is 4.31 Å². The molecule has 1 aromatic heterocycles. The number of rotatable bonds is 6. The number of hydrogen-bond donors (Lipinski definition) is 0.